The molecule has 0 bridgehead atoms. The van der Waals surface area contributed by atoms with Crippen molar-refractivity contribution < 1.29 is 4.79 Å². The number of rotatable bonds is 2. The van der Waals surface area contributed by atoms with Crippen LogP contribution in [0.5, 0.6) is 0 Å². The van der Waals surface area contributed by atoms with E-state index in [9.17, 15) is 4.79 Å². The maximum atomic E-state index is 12.5. The Morgan fingerprint density at radius 1 is 1.24 bits per heavy atom. The number of fused-ring (bicyclic) bond motifs is 1. The van der Waals surface area contributed by atoms with Crippen LogP contribution in [-0.2, 0) is 0 Å². The predicted molar refractivity (Wildman–Crippen MR) is 86.5 cm³/mol. The van der Waals surface area contributed by atoms with E-state index in [0.29, 0.717) is 23.6 Å². The second-order valence-electron chi connectivity index (χ2n) is 6.62. The van der Waals surface area contributed by atoms with E-state index in [-0.39, 0.29) is 5.91 Å². The van der Waals surface area contributed by atoms with Crippen molar-refractivity contribution in [2.75, 3.05) is 0 Å². The van der Waals surface area contributed by atoms with Crippen molar-refractivity contribution >= 4 is 16.8 Å². The summed E-state index contributed by atoms with van der Waals surface area (Å²) in [5.74, 6) is 1.26. The fourth-order valence-electron chi connectivity index (χ4n) is 3.41. The Balaban J connectivity index is 1.77. The zero-order valence-electron chi connectivity index (χ0n) is 13.1. The van der Waals surface area contributed by atoms with Gasteiger partial charge in [0.25, 0.3) is 5.91 Å². The molecule has 0 radical (unpaired) electrons. The van der Waals surface area contributed by atoms with E-state index in [4.69, 9.17) is 0 Å². The fraction of sp³-hybridized carbons (Fsp3) is 0.500. The molecule has 1 saturated carbocycles. The van der Waals surface area contributed by atoms with Gasteiger partial charge in [0.2, 0.25) is 0 Å². The number of hydrogen-bond acceptors (Lipinski definition) is 1. The van der Waals surface area contributed by atoms with Gasteiger partial charge in [-0.15, -0.1) is 0 Å². The van der Waals surface area contributed by atoms with E-state index in [1.807, 2.05) is 12.1 Å². The molecular weight excluding hydrogens is 260 g/mol. The first kappa shape index (κ1) is 14.2. The number of benzene rings is 1. The number of amides is 1. The molecule has 0 unspecified atom stereocenters. The van der Waals surface area contributed by atoms with Crippen LogP contribution in [0.4, 0.5) is 0 Å². The summed E-state index contributed by atoms with van der Waals surface area (Å²) in [4.78, 5) is 15.7. The van der Waals surface area contributed by atoms with Crippen LogP contribution in [0.15, 0.2) is 24.3 Å². The fourth-order valence-corrected chi connectivity index (χ4v) is 3.41. The molecule has 3 nitrogen and oxygen atoms in total. The number of aromatic nitrogens is 1. The molecule has 1 amide bonds. The summed E-state index contributed by atoms with van der Waals surface area (Å²) in [6, 6.07) is 8.45. The Hall–Kier alpha value is -1.77. The molecule has 21 heavy (non-hydrogen) atoms. The highest BCUT2D eigenvalue weighted by atomic mass is 16.1. The lowest BCUT2D eigenvalue weighted by atomic mass is 9.78. The molecule has 112 valence electrons. The average molecular weight is 284 g/mol. The summed E-state index contributed by atoms with van der Waals surface area (Å²) in [6.07, 6.45) is 3.58. The molecule has 3 rings (SSSR count). The standard InChI is InChI=1S/C18H24N2O/c1-11-7-8-16-14(9-11)10-17(19-16)18(21)20-15-6-4-5-12(2)13(15)3/h7-10,12-13,15,19H,4-6H2,1-3H3,(H,20,21)/t12-,13+,15-/m0/s1. The van der Waals surface area contributed by atoms with Gasteiger partial charge in [0.15, 0.2) is 0 Å². The van der Waals surface area contributed by atoms with Crippen molar-refractivity contribution in [1.82, 2.24) is 10.3 Å². The third kappa shape index (κ3) is 2.82. The van der Waals surface area contributed by atoms with Crippen LogP contribution in [0.25, 0.3) is 10.9 Å². The van der Waals surface area contributed by atoms with Gasteiger partial charge in [0.1, 0.15) is 5.69 Å². The SMILES string of the molecule is Cc1ccc2[nH]c(C(=O)N[C@H]3CCC[C@H](C)[C@H]3C)cc2c1. The topological polar surface area (TPSA) is 44.9 Å². The van der Waals surface area contributed by atoms with E-state index in [2.05, 4.69) is 43.2 Å². The quantitative estimate of drug-likeness (QED) is 0.859. The molecule has 0 spiro atoms. The largest absolute Gasteiger partial charge is 0.351 e. The minimum atomic E-state index is 0.0230. The molecule has 1 aliphatic rings. The number of carbonyl (C=O) groups excluding carboxylic acids is 1. The average Bonchev–Trinajstić information content (AvgIpc) is 2.87. The molecule has 1 aromatic heterocycles. The Bertz CT molecular complexity index is 658. The summed E-state index contributed by atoms with van der Waals surface area (Å²) in [6.45, 7) is 6.61. The third-order valence-electron chi connectivity index (χ3n) is 5.04. The van der Waals surface area contributed by atoms with Crippen LogP contribution in [-0.4, -0.2) is 16.9 Å². The molecule has 3 heteroatoms. The van der Waals surface area contributed by atoms with E-state index in [1.165, 1.54) is 18.4 Å². The summed E-state index contributed by atoms with van der Waals surface area (Å²) >= 11 is 0. The van der Waals surface area contributed by atoms with Crippen molar-refractivity contribution in [3.8, 4) is 0 Å². The maximum Gasteiger partial charge on any atom is 0.267 e. The van der Waals surface area contributed by atoms with Gasteiger partial charge in [0.05, 0.1) is 0 Å². The van der Waals surface area contributed by atoms with E-state index in [0.717, 1.165) is 17.3 Å². The van der Waals surface area contributed by atoms with Gasteiger partial charge in [-0.2, -0.15) is 0 Å². The van der Waals surface area contributed by atoms with Crippen LogP contribution in [0.3, 0.4) is 0 Å². The lowest BCUT2D eigenvalue weighted by Crippen LogP contribution is -2.43. The van der Waals surface area contributed by atoms with Crippen LogP contribution in [0.1, 0.15) is 49.2 Å². The van der Waals surface area contributed by atoms with Gasteiger partial charge in [-0.1, -0.05) is 38.3 Å². The Morgan fingerprint density at radius 2 is 2.05 bits per heavy atom. The van der Waals surface area contributed by atoms with E-state index >= 15 is 0 Å². The van der Waals surface area contributed by atoms with Crippen molar-refractivity contribution in [3.63, 3.8) is 0 Å². The number of aromatic amines is 1. The molecule has 1 fully saturated rings. The lowest BCUT2D eigenvalue weighted by molar-refractivity contribution is 0.0887. The van der Waals surface area contributed by atoms with Crippen molar-refractivity contribution in [2.45, 2.75) is 46.1 Å². The monoisotopic (exact) mass is 284 g/mol. The highest BCUT2D eigenvalue weighted by Gasteiger charge is 2.28. The zero-order valence-corrected chi connectivity index (χ0v) is 13.1. The number of hydrogen-bond donors (Lipinski definition) is 2. The number of aryl methyl sites for hydroxylation is 1. The molecule has 2 N–H and O–H groups in total. The number of H-pyrrole nitrogens is 1. The van der Waals surface area contributed by atoms with Gasteiger partial charge in [-0.3, -0.25) is 4.79 Å². The van der Waals surface area contributed by atoms with Gasteiger partial charge < -0.3 is 10.3 Å². The molecule has 0 saturated heterocycles. The first-order valence-corrected chi connectivity index (χ1v) is 7.95. The number of carbonyl (C=O) groups is 1. The maximum absolute atomic E-state index is 12.5. The van der Waals surface area contributed by atoms with E-state index < -0.39 is 0 Å². The summed E-state index contributed by atoms with van der Waals surface area (Å²) in [7, 11) is 0. The summed E-state index contributed by atoms with van der Waals surface area (Å²) in [5.41, 5.74) is 2.90. The van der Waals surface area contributed by atoms with Gasteiger partial charge in [0, 0.05) is 16.9 Å². The Labute approximate surface area is 126 Å². The van der Waals surface area contributed by atoms with E-state index in [1.54, 1.807) is 0 Å². The van der Waals surface area contributed by atoms with Crippen LogP contribution < -0.4 is 5.32 Å². The normalized spacial score (nSPS) is 26.0. The van der Waals surface area contributed by atoms with Gasteiger partial charge in [-0.25, -0.2) is 0 Å². The predicted octanol–water partition coefficient (Wildman–Crippen LogP) is 4.03. The Kier molecular flexibility index (Phi) is 3.75. The molecule has 1 aromatic carbocycles. The minimum Gasteiger partial charge on any atom is -0.351 e. The molecule has 0 aliphatic heterocycles. The Morgan fingerprint density at radius 3 is 2.86 bits per heavy atom. The van der Waals surface area contributed by atoms with Gasteiger partial charge in [-0.05, 0) is 43.4 Å². The minimum absolute atomic E-state index is 0.0230. The summed E-state index contributed by atoms with van der Waals surface area (Å²) in [5, 5.41) is 4.32. The van der Waals surface area contributed by atoms with Crippen LogP contribution in [0, 0.1) is 18.8 Å². The van der Waals surface area contributed by atoms with Crippen molar-refractivity contribution in [1.29, 1.82) is 0 Å². The molecular formula is C18H24N2O. The first-order valence-electron chi connectivity index (χ1n) is 7.95. The second-order valence-corrected chi connectivity index (χ2v) is 6.62. The zero-order chi connectivity index (χ0) is 15.0. The number of nitrogens with one attached hydrogen (secondary N) is 2. The third-order valence-corrected chi connectivity index (χ3v) is 5.04. The highest BCUT2D eigenvalue weighted by Crippen LogP contribution is 2.29. The smallest absolute Gasteiger partial charge is 0.267 e. The van der Waals surface area contributed by atoms with Crippen LogP contribution in [0.2, 0.25) is 0 Å². The van der Waals surface area contributed by atoms with Crippen molar-refractivity contribution in [2.24, 2.45) is 11.8 Å². The molecule has 1 aliphatic carbocycles. The van der Waals surface area contributed by atoms with Crippen molar-refractivity contribution in [3.05, 3.63) is 35.5 Å². The van der Waals surface area contributed by atoms with Crippen LogP contribution >= 0.6 is 0 Å². The summed E-state index contributed by atoms with van der Waals surface area (Å²) < 4.78 is 0. The molecule has 3 atom stereocenters. The first-order chi connectivity index (χ1) is 10.0. The second kappa shape index (κ2) is 5.55. The molecule has 1 heterocycles. The lowest BCUT2D eigenvalue weighted by Gasteiger charge is -2.34. The highest BCUT2D eigenvalue weighted by molar-refractivity contribution is 5.98. The molecule has 2 aromatic rings. The van der Waals surface area contributed by atoms with Gasteiger partial charge >= 0.3 is 0 Å².